The second kappa shape index (κ2) is 13.6. The van der Waals surface area contributed by atoms with Crippen molar-refractivity contribution in [3.05, 3.63) is 99.0 Å². The lowest BCUT2D eigenvalue weighted by Gasteiger charge is -2.21. The first kappa shape index (κ1) is 28.7. The van der Waals surface area contributed by atoms with E-state index in [2.05, 4.69) is 0 Å². The molecule has 38 heavy (non-hydrogen) atoms. The second-order valence-electron chi connectivity index (χ2n) is 8.26. The normalized spacial score (nSPS) is 11.0. The number of halogens is 2. The van der Waals surface area contributed by atoms with Gasteiger partial charge in [-0.15, -0.1) is 0 Å². The first-order valence-corrected chi connectivity index (χ1v) is 11.9. The lowest BCUT2D eigenvalue weighted by atomic mass is 10.0. The summed E-state index contributed by atoms with van der Waals surface area (Å²) in [7, 11) is 2.80. The molecule has 0 saturated carbocycles. The van der Waals surface area contributed by atoms with Crippen LogP contribution in [0.5, 0.6) is 5.75 Å². The number of Topliss-reactive ketones (excluding diaryl/α,β-unsaturated/α-hetero) is 1. The summed E-state index contributed by atoms with van der Waals surface area (Å²) in [5.41, 5.74) is -0.426. The lowest BCUT2D eigenvalue weighted by Crippen LogP contribution is -2.30. The minimum absolute atomic E-state index is 0.0348. The van der Waals surface area contributed by atoms with Crippen molar-refractivity contribution in [3.63, 3.8) is 0 Å². The molecule has 2 aromatic carbocycles. The Hall–Kier alpha value is -3.89. The molecular weight excluding hydrogens is 500 g/mol. The van der Waals surface area contributed by atoms with Gasteiger partial charge in [0.1, 0.15) is 18.2 Å². The number of esters is 1. The van der Waals surface area contributed by atoms with Gasteiger partial charge in [0.2, 0.25) is 5.43 Å². The standard InChI is InChI=1S/C28H29F2NO7/c1-4-37-28(34)25-27(38-17-18-8-6-5-7-9-18)26(33)21(15-31(25)16-24(35-2)36-3)23(32)13-11-19-10-12-20(29)14-22(19)30/h5-10,12,14-15,24H,4,11,13,16-17H2,1-3H3. The lowest BCUT2D eigenvalue weighted by molar-refractivity contribution is -0.111. The summed E-state index contributed by atoms with van der Waals surface area (Å²) < 4.78 is 50.2. The van der Waals surface area contributed by atoms with E-state index in [1.54, 1.807) is 31.2 Å². The Kier molecular flexibility index (Phi) is 10.3. The van der Waals surface area contributed by atoms with Gasteiger partial charge in [0.15, 0.2) is 23.5 Å². The Balaban J connectivity index is 2.06. The van der Waals surface area contributed by atoms with E-state index < -0.39 is 35.1 Å². The Morgan fingerprint density at radius 1 is 1.03 bits per heavy atom. The van der Waals surface area contributed by atoms with Gasteiger partial charge >= 0.3 is 5.97 Å². The van der Waals surface area contributed by atoms with Crippen molar-refractivity contribution >= 4 is 11.8 Å². The highest BCUT2D eigenvalue weighted by molar-refractivity contribution is 5.98. The molecule has 0 bridgehead atoms. The summed E-state index contributed by atoms with van der Waals surface area (Å²) in [5.74, 6) is -3.33. The SMILES string of the molecule is CCOC(=O)c1c(OCc2ccccc2)c(=O)c(C(=O)CCc2ccc(F)cc2F)cn1CC(OC)OC. The molecule has 1 aromatic heterocycles. The van der Waals surface area contributed by atoms with Crippen molar-refractivity contribution < 1.29 is 37.3 Å². The molecule has 1 heterocycles. The molecule has 3 rings (SSSR count). The quantitative estimate of drug-likeness (QED) is 0.185. The minimum atomic E-state index is -0.830. The summed E-state index contributed by atoms with van der Waals surface area (Å²) in [4.78, 5) is 39.7. The number of ether oxygens (including phenoxy) is 4. The van der Waals surface area contributed by atoms with Crippen LogP contribution in [0.3, 0.4) is 0 Å². The van der Waals surface area contributed by atoms with Crippen LogP contribution in [0.4, 0.5) is 8.78 Å². The molecule has 0 fully saturated rings. The van der Waals surface area contributed by atoms with Gasteiger partial charge in [-0.3, -0.25) is 9.59 Å². The van der Waals surface area contributed by atoms with Gasteiger partial charge in [-0.05, 0) is 30.5 Å². The number of carbonyl (C=O) groups is 2. The summed E-state index contributed by atoms with van der Waals surface area (Å²) in [5, 5.41) is 0. The van der Waals surface area contributed by atoms with Crippen LogP contribution in [0.1, 0.15) is 45.3 Å². The second-order valence-corrected chi connectivity index (χ2v) is 8.26. The van der Waals surface area contributed by atoms with E-state index in [0.29, 0.717) is 0 Å². The molecule has 8 nitrogen and oxygen atoms in total. The first-order valence-electron chi connectivity index (χ1n) is 11.9. The minimum Gasteiger partial charge on any atom is -0.482 e. The fourth-order valence-electron chi connectivity index (χ4n) is 3.77. The van der Waals surface area contributed by atoms with E-state index in [1.165, 1.54) is 31.0 Å². The van der Waals surface area contributed by atoms with Gasteiger partial charge in [0.05, 0.1) is 18.7 Å². The predicted molar refractivity (Wildman–Crippen MR) is 134 cm³/mol. The number of benzene rings is 2. The molecule has 0 radical (unpaired) electrons. The Bertz CT molecular complexity index is 1320. The van der Waals surface area contributed by atoms with Gasteiger partial charge < -0.3 is 23.5 Å². The third kappa shape index (κ3) is 7.11. The van der Waals surface area contributed by atoms with Crippen LogP contribution in [0.2, 0.25) is 0 Å². The van der Waals surface area contributed by atoms with E-state index in [-0.39, 0.29) is 55.2 Å². The molecule has 0 aliphatic heterocycles. The van der Waals surface area contributed by atoms with Crippen molar-refractivity contribution in [2.75, 3.05) is 20.8 Å². The van der Waals surface area contributed by atoms with Crippen LogP contribution in [-0.4, -0.2) is 43.4 Å². The molecule has 3 aromatic rings. The van der Waals surface area contributed by atoms with E-state index in [1.807, 2.05) is 6.07 Å². The van der Waals surface area contributed by atoms with Crippen LogP contribution >= 0.6 is 0 Å². The number of hydrogen-bond acceptors (Lipinski definition) is 7. The third-order valence-electron chi connectivity index (χ3n) is 5.74. The highest BCUT2D eigenvalue weighted by Crippen LogP contribution is 2.21. The van der Waals surface area contributed by atoms with Crippen molar-refractivity contribution in [2.24, 2.45) is 0 Å². The Morgan fingerprint density at radius 2 is 1.74 bits per heavy atom. The predicted octanol–water partition coefficient (Wildman–Crippen LogP) is 4.32. The van der Waals surface area contributed by atoms with Crippen molar-refractivity contribution in [2.45, 2.75) is 39.2 Å². The van der Waals surface area contributed by atoms with Crippen molar-refractivity contribution in [1.82, 2.24) is 4.57 Å². The van der Waals surface area contributed by atoms with Gasteiger partial charge in [-0.1, -0.05) is 36.4 Å². The van der Waals surface area contributed by atoms with Crippen LogP contribution in [0.25, 0.3) is 0 Å². The highest BCUT2D eigenvalue weighted by Gasteiger charge is 2.28. The third-order valence-corrected chi connectivity index (χ3v) is 5.74. The molecule has 0 unspecified atom stereocenters. The Morgan fingerprint density at radius 3 is 2.37 bits per heavy atom. The van der Waals surface area contributed by atoms with E-state index in [0.717, 1.165) is 17.7 Å². The van der Waals surface area contributed by atoms with E-state index in [9.17, 15) is 23.2 Å². The molecular formula is C28H29F2NO7. The number of aryl methyl sites for hydroxylation is 1. The number of hydrogen-bond donors (Lipinski definition) is 0. The fraction of sp³-hybridized carbons (Fsp3) is 0.321. The number of aromatic nitrogens is 1. The number of carbonyl (C=O) groups excluding carboxylic acids is 2. The molecule has 0 spiro atoms. The zero-order chi connectivity index (χ0) is 27.7. The molecule has 0 aliphatic rings. The summed E-state index contributed by atoms with van der Waals surface area (Å²) >= 11 is 0. The molecule has 0 amide bonds. The van der Waals surface area contributed by atoms with Crippen molar-refractivity contribution in [3.8, 4) is 5.75 Å². The number of rotatable bonds is 13. The highest BCUT2D eigenvalue weighted by atomic mass is 19.1. The van der Waals surface area contributed by atoms with E-state index >= 15 is 0 Å². The van der Waals surface area contributed by atoms with Gasteiger partial charge in [0, 0.05) is 32.9 Å². The maximum atomic E-state index is 14.1. The van der Waals surface area contributed by atoms with Crippen LogP contribution in [-0.2, 0) is 33.8 Å². The fourth-order valence-corrected chi connectivity index (χ4v) is 3.77. The molecule has 10 heteroatoms. The maximum Gasteiger partial charge on any atom is 0.359 e. The average Bonchev–Trinajstić information content (AvgIpc) is 2.91. The summed E-state index contributed by atoms with van der Waals surface area (Å²) in [6.45, 7) is 1.52. The monoisotopic (exact) mass is 529 g/mol. The summed E-state index contributed by atoms with van der Waals surface area (Å²) in [6.07, 6.45) is 0.0810. The van der Waals surface area contributed by atoms with Crippen molar-refractivity contribution in [1.29, 1.82) is 0 Å². The van der Waals surface area contributed by atoms with Crippen LogP contribution < -0.4 is 10.2 Å². The average molecular weight is 530 g/mol. The largest absolute Gasteiger partial charge is 0.482 e. The van der Waals surface area contributed by atoms with Crippen LogP contribution in [0, 0.1) is 11.6 Å². The molecule has 0 aliphatic carbocycles. The topological polar surface area (TPSA) is 93.1 Å². The number of nitrogens with zero attached hydrogens (tertiary/aromatic N) is 1. The van der Waals surface area contributed by atoms with Gasteiger partial charge in [-0.2, -0.15) is 0 Å². The maximum absolute atomic E-state index is 14.1. The zero-order valence-electron chi connectivity index (χ0n) is 21.4. The van der Waals surface area contributed by atoms with Gasteiger partial charge in [0.25, 0.3) is 0 Å². The first-order chi connectivity index (χ1) is 18.3. The van der Waals surface area contributed by atoms with Gasteiger partial charge in [-0.25, -0.2) is 13.6 Å². The zero-order valence-corrected chi connectivity index (χ0v) is 21.4. The van der Waals surface area contributed by atoms with E-state index in [4.69, 9.17) is 18.9 Å². The Labute approximate surface area is 218 Å². The molecule has 0 saturated heterocycles. The molecule has 0 N–H and O–H groups in total. The van der Waals surface area contributed by atoms with Crippen LogP contribution in [0.15, 0.2) is 59.5 Å². The number of methoxy groups -OCH3 is 2. The number of ketones is 1. The molecule has 0 atom stereocenters. The smallest absolute Gasteiger partial charge is 0.359 e. The summed E-state index contributed by atoms with van der Waals surface area (Å²) in [6, 6.07) is 12.0. The molecule has 202 valence electrons. The number of pyridine rings is 1.